The second kappa shape index (κ2) is 9.93. The van der Waals surface area contributed by atoms with Gasteiger partial charge < -0.3 is 24.1 Å². The van der Waals surface area contributed by atoms with Gasteiger partial charge >= 0.3 is 0 Å². The normalized spacial score (nSPS) is 10.8. The molecule has 0 aliphatic carbocycles. The lowest BCUT2D eigenvalue weighted by atomic mass is 10.1. The molecular formula is C22H27N3O4. The van der Waals surface area contributed by atoms with E-state index in [0.29, 0.717) is 18.2 Å². The summed E-state index contributed by atoms with van der Waals surface area (Å²) in [5.41, 5.74) is 3.13. The monoisotopic (exact) mass is 397 g/mol. The highest BCUT2D eigenvalue weighted by molar-refractivity contribution is 5.53. The van der Waals surface area contributed by atoms with Gasteiger partial charge in [0.1, 0.15) is 17.2 Å². The molecule has 0 aliphatic rings. The van der Waals surface area contributed by atoms with Crippen LogP contribution in [0.25, 0.3) is 11.5 Å². The van der Waals surface area contributed by atoms with Gasteiger partial charge in [-0.3, -0.25) is 0 Å². The third-order valence-electron chi connectivity index (χ3n) is 4.69. The van der Waals surface area contributed by atoms with Crippen molar-refractivity contribution in [3.05, 3.63) is 53.3 Å². The minimum absolute atomic E-state index is 0.560. The minimum Gasteiger partial charge on any atom is -0.496 e. The Bertz CT molecular complexity index is 897. The maximum atomic E-state index is 5.49. The van der Waals surface area contributed by atoms with Gasteiger partial charge in [0.2, 0.25) is 0 Å². The molecule has 0 unspecified atom stereocenters. The molecular weight excluding hydrogens is 370 g/mol. The largest absolute Gasteiger partial charge is 0.496 e. The van der Waals surface area contributed by atoms with E-state index in [-0.39, 0.29) is 0 Å². The van der Waals surface area contributed by atoms with Crippen molar-refractivity contribution >= 4 is 0 Å². The van der Waals surface area contributed by atoms with E-state index in [2.05, 4.69) is 27.6 Å². The van der Waals surface area contributed by atoms with Gasteiger partial charge in [0.05, 0.1) is 26.9 Å². The summed E-state index contributed by atoms with van der Waals surface area (Å²) in [5, 5.41) is 7.39. The first-order valence-electron chi connectivity index (χ1n) is 9.60. The van der Waals surface area contributed by atoms with Crippen LogP contribution in [0.5, 0.6) is 17.2 Å². The molecule has 0 saturated carbocycles. The van der Waals surface area contributed by atoms with Gasteiger partial charge in [-0.2, -0.15) is 4.98 Å². The zero-order valence-electron chi connectivity index (χ0n) is 17.3. The second-order valence-corrected chi connectivity index (χ2v) is 6.50. The summed E-state index contributed by atoms with van der Waals surface area (Å²) in [5.74, 6) is 3.46. The van der Waals surface area contributed by atoms with E-state index in [0.717, 1.165) is 47.8 Å². The summed E-state index contributed by atoms with van der Waals surface area (Å²) >= 11 is 0. The first-order chi connectivity index (χ1) is 14.2. The van der Waals surface area contributed by atoms with E-state index in [1.165, 1.54) is 5.56 Å². The summed E-state index contributed by atoms with van der Waals surface area (Å²) in [6.45, 7) is 3.45. The number of aromatic nitrogens is 2. The molecule has 0 bridgehead atoms. The van der Waals surface area contributed by atoms with Crippen molar-refractivity contribution in [2.24, 2.45) is 0 Å². The summed E-state index contributed by atoms with van der Waals surface area (Å²) in [6.07, 6.45) is 1.65. The van der Waals surface area contributed by atoms with Crippen LogP contribution in [0, 0.1) is 0 Å². The van der Waals surface area contributed by atoms with Crippen LogP contribution in [-0.2, 0) is 19.4 Å². The predicted octanol–water partition coefficient (Wildman–Crippen LogP) is 3.66. The van der Waals surface area contributed by atoms with Crippen LogP contribution in [0.1, 0.15) is 23.9 Å². The minimum atomic E-state index is 0.560. The van der Waals surface area contributed by atoms with Crippen LogP contribution in [0.3, 0.4) is 0 Å². The summed E-state index contributed by atoms with van der Waals surface area (Å²) < 4.78 is 21.6. The maximum absolute atomic E-state index is 5.49. The zero-order chi connectivity index (χ0) is 20.6. The van der Waals surface area contributed by atoms with Gasteiger partial charge in [-0.1, -0.05) is 24.2 Å². The molecule has 0 fully saturated rings. The lowest BCUT2D eigenvalue weighted by Crippen LogP contribution is -2.17. The molecule has 0 aliphatic heterocycles. The van der Waals surface area contributed by atoms with Crippen LogP contribution < -0.4 is 19.5 Å². The predicted molar refractivity (Wildman–Crippen MR) is 111 cm³/mol. The van der Waals surface area contributed by atoms with Gasteiger partial charge in [-0.15, -0.1) is 0 Å². The fourth-order valence-electron chi connectivity index (χ4n) is 3.03. The molecule has 7 nitrogen and oxygen atoms in total. The highest BCUT2D eigenvalue weighted by Gasteiger charge is 2.13. The Morgan fingerprint density at radius 3 is 2.21 bits per heavy atom. The zero-order valence-corrected chi connectivity index (χ0v) is 17.3. The summed E-state index contributed by atoms with van der Waals surface area (Å²) in [7, 11) is 4.91. The SMILES string of the molecule is CCc1noc(-c2ccc(CCNCc3c(OC)cc(OC)cc3OC)cc2)n1. The van der Waals surface area contributed by atoms with E-state index in [1.54, 1.807) is 21.3 Å². The van der Waals surface area contributed by atoms with Gasteiger partial charge in [-0.05, 0) is 30.7 Å². The van der Waals surface area contributed by atoms with Crippen molar-refractivity contribution in [1.29, 1.82) is 0 Å². The maximum Gasteiger partial charge on any atom is 0.257 e. The molecule has 1 heterocycles. The Balaban J connectivity index is 1.57. The van der Waals surface area contributed by atoms with E-state index in [4.69, 9.17) is 18.7 Å². The molecule has 3 aromatic rings. The third kappa shape index (κ3) is 5.06. The van der Waals surface area contributed by atoms with E-state index in [9.17, 15) is 0 Å². The van der Waals surface area contributed by atoms with Crippen molar-refractivity contribution < 1.29 is 18.7 Å². The van der Waals surface area contributed by atoms with Crippen molar-refractivity contribution in [3.63, 3.8) is 0 Å². The van der Waals surface area contributed by atoms with E-state index < -0.39 is 0 Å². The topological polar surface area (TPSA) is 78.6 Å². The van der Waals surface area contributed by atoms with Gasteiger partial charge in [0, 0.05) is 30.7 Å². The van der Waals surface area contributed by atoms with Crippen molar-refractivity contribution in [2.75, 3.05) is 27.9 Å². The highest BCUT2D eigenvalue weighted by Crippen LogP contribution is 2.33. The number of nitrogens with one attached hydrogen (secondary N) is 1. The smallest absolute Gasteiger partial charge is 0.257 e. The Hall–Kier alpha value is -3.06. The van der Waals surface area contributed by atoms with E-state index in [1.807, 2.05) is 31.2 Å². The molecule has 0 spiro atoms. The molecule has 29 heavy (non-hydrogen) atoms. The Morgan fingerprint density at radius 2 is 1.66 bits per heavy atom. The molecule has 0 radical (unpaired) electrons. The standard InChI is InChI=1S/C22H27N3O4/c1-5-21-24-22(29-25-21)16-8-6-15(7-9-16)10-11-23-14-18-19(27-3)12-17(26-2)13-20(18)28-4/h6-9,12-13,23H,5,10-11,14H2,1-4H3. The first kappa shape index (κ1) is 20.7. The Labute approximate surface area is 171 Å². The molecule has 0 amide bonds. The number of nitrogens with zero attached hydrogens (tertiary/aromatic N) is 2. The fraction of sp³-hybridized carbons (Fsp3) is 0.364. The number of hydrogen-bond acceptors (Lipinski definition) is 7. The Kier molecular flexibility index (Phi) is 7.08. The fourth-order valence-corrected chi connectivity index (χ4v) is 3.03. The van der Waals surface area contributed by atoms with Crippen LogP contribution in [0.15, 0.2) is 40.9 Å². The number of rotatable bonds is 10. The first-order valence-corrected chi connectivity index (χ1v) is 9.60. The van der Waals surface area contributed by atoms with Crippen LogP contribution in [0.2, 0.25) is 0 Å². The average molecular weight is 397 g/mol. The van der Waals surface area contributed by atoms with Crippen molar-refractivity contribution in [2.45, 2.75) is 26.3 Å². The number of ether oxygens (including phenoxy) is 3. The van der Waals surface area contributed by atoms with Crippen LogP contribution in [-0.4, -0.2) is 38.0 Å². The molecule has 7 heteroatoms. The summed E-state index contributed by atoms with van der Waals surface area (Å²) in [4.78, 5) is 4.36. The van der Waals surface area contributed by atoms with Gasteiger partial charge in [0.15, 0.2) is 5.82 Å². The molecule has 0 saturated heterocycles. The second-order valence-electron chi connectivity index (χ2n) is 6.50. The molecule has 1 aromatic heterocycles. The number of methoxy groups -OCH3 is 3. The quantitative estimate of drug-likeness (QED) is 0.523. The molecule has 0 atom stereocenters. The van der Waals surface area contributed by atoms with Gasteiger partial charge in [-0.25, -0.2) is 0 Å². The highest BCUT2D eigenvalue weighted by atomic mass is 16.5. The molecule has 154 valence electrons. The van der Waals surface area contributed by atoms with Crippen molar-refractivity contribution in [1.82, 2.24) is 15.5 Å². The summed E-state index contributed by atoms with van der Waals surface area (Å²) in [6, 6.07) is 11.9. The third-order valence-corrected chi connectivity index (χ3v) is 4.69. The number of benzene rings is 2. The van der Waals surface area contributed by atoms with Crippen LogP contribution >= 0.6 is 0 Å². The molecule has 3 rings (SSSR count). The Morgan fingerprint density at radius 1 is 0.966 bits per heavy atom. The lowest BCUT2D eigenvalue weighted by molar-refractivity contribution is 0.366. The van der Waals surface area contributed by atoms with Gasteiger partial charge in [0.25, 0.3) is 5.89 Å². The molecule has 2 aromatic carbocycles. The number of aryl methyl sites for hydroxylation is 1. The lowest BCUT2D eigenvalue weighted by Gasteiger charge is -2.15. The molecule has 1 N–H and O–H groups in total. The van der Waals surface area contributed by atoms with Crippen molar-refractivity contribution in [3.8, 4) is 28.7 Å². The average Bonchev–Trinajstić information content (AvgIpc) is 3.26. The number of hydrogen-bond donors (Lipinski definition) is 1. The van der Waals surface area contributed by atoms with E-state index >= 15 is 0 Å². The van der Waals surface area contributed by atoms with Crippen LogP contribution in [0.4, 0.5) is 0 Å².